The molecule has 128 valence electrons. The minimum atomic E-state index is -0.350. The van der Waals surface area contributed by atoms with Gasteiger partial charge < -0.3 is 0 Å². The van der Waals surface area contributed by atoms with Crippen molar-refractivity contribution >= 4 is 44.6 Å². The maximum Gasteiger partial charge on any atom is 0.252 e. The summed E-state index contributed by atoms with van der Waals surface area (Å²) in [4.78, 5) is 33.1. The lowest BCUT2D eigenvalue weighted by Crippen LogP contribution is -2.15. The Kier molecular flexibility index (Phi) is 4.27. The number of para-hydroxylation sites is 2. The van der Waals surface area contributed by atoms with Gasteiger partial charge in [-0.2, -0.15) is 10.1 Å². The third kappa shape index (κ3) is 3.12. The molecule has 0 unspecified atom stereocenters. The van der Waals surface area contributed by atoms with E-state index in [-0.39, 0.29) is 16.7 Å². The quantitative estimate of drug-likeness (QED) is 0.511. The van der Waals surface area contributed by atoms with Crippen molar-refractivity contribution in [3.8, 4) is 5.69 Å². The topological polar surface area (TPSA) is 77.2 Å². The average Bonchev–Trinajstić information content (AvgIpc) is 3.25. The molecule has 0 bridgehead atoms. The fourth-order valence-electron chi connectivity index (χ4n) is 2.38. The third-order valence-electron chi connectivity index (χ3n) is 3.50. The highest BCUT2D eigenvalue weighted by molar-refractivity contribution is 7.21. The number of amides is 1. The second kappa shape index (κ2) is 6.74. The number of fused-ring (bicyclic) bond motifs is 1. The summed E-state index contributed by atoms with van der Waals surface area (Å²) in [5, 5.41) is 5.00. The maximum atomic E-state index is 12.9. The summed E-state index contributed by atoms with van der Waals surface area (Å²) < 4.78 is 2.45. The Morgan fingerprint density at radius 2 is 1.69 bits per heavy atom. The first-order valence-electron chi connectivity index (χ1n) is 7.73. The summed E-state index contributed by atoms with van der Waals surface area (Å²) in [7, 11) is 0. The molecule has 0 spiro atoms. The molecule has 2 aromatic carbocycles. The van der Waals surface area contributed by atoms with E-state index in [1.807, 2.05) is 54.6 Å². The number of nitrogens with zero attached hydrogens (tertiary/aromatic N) is 4. The predicted octanol–water partition coefficient (Wildman–Crippen LogP) is 3.22. The van der Waals surface area contributed by atoms with Gasteiger partial charge in [0.1, 0.15) is 0 Å². The molecule has 0 aliphatic carbocycles. The number of carbonyl (C=O) groups is 2. The molecule has 0 aliphatic rings. The minimum absolute atomic E-state index is 0.243. The summed E-state index contributed by atoms with van der Waals surface area (Å²) in [6.07, 6.45) is 0. The van der Waals surface area contributed by atoms with Crippen molar-refractivity contribution in [3.05, 3.63) is 69.4 Å². The maximum absolute atomic E-state index is 12.9. The lowest BCUT2D eigenvalue weighted by molar-refractivity contribution is -0.116. The molecule has 8 heteroatoms. The van der Waals surface area contributed by atoms with Gasteiger partial charge in [0.25, 0.3) is 5.78 Å². The van der Waals surface area contributed by atoms with E-state index in [4.69, 9.17) is 0 Å². The molecule has 0 N–H and O–H groups in total. The molecule has 0 radical (unpaired) electrons. The predicted molar refractivity (Wildman–Crippen MR) is 101 cm³/mol. The number of aromatic nitrogens is 3. The number of thiazole rings is 1. The third-order valence-corrected chi connectivity index (χ3v) is 5.44. The van der Waals surface area contributed by atoms with E-state index < -0.39 is 0 Å². The Morgan fingerprint density at radius 3 is 2.42 bits per heavy atom. The van der Waals surface area contributed by atoms with E-state index in [2.05, 4.69) is 15.1 Å². The highest BCUT2D eigenvalue weighted by Crippen LogP contribution is 2.24. The summed E-state index contributed by atoms with van der Waals surface area (Å²) >= 11 is 2.40. The van der Waals surface area contributed by atoms with Crippen LogP contribution in [0.1, 0.15) is 21.7 Å². The van der Waals surface area contributed by atoms with Gasteiger partial charge in [0.15, 0.2) is 10.0 Å². The largest absolute Gasteiger partial charge is 0.283 e. The van der Waals surface area contributed by atoms with Crippen LogP contribution in [-0.4, -0.2) is 26.5 Å². The number of ketones is 1. The van der Waals surface area contributed by atoms with E-state index in [0.717, 1.165) is 27.2 Å². The number of benzene rings is 2. The summed E-state index contributed by atoms with van der Waals surface area (Å²) in [6, 6.07) is 16.8. The Labute approximate surface area is 156 Å². The Hall–Kier alpha value is -2.97. The van der Waals surface area contributed by atoms with Crippen molar-refractivity contribution in [2.45, 2.75) is 6.92 Å². The van der Waals surface area contributed by atoms with Gasteiger partial charge in [0.2, 0.25) is 10.7 Å². The fraction of sp³-hybridized carbons (Fsp3) is 0.0556. The molecule has 0 saturated heterocycles. The molecule has 1 amide bonds. The van der Waals surface area contributed by atoms with Crippen LogP contribution >= 0.6 is 22.7 Å². The van der Waals surface area contributed by atoms with Gasteiger partial charge in [-0.15, -0.1) is 11.3 Å². The van der Waals surface area contributed by atoms with Gasteiger partial charge in [0, 0.05) is 6.92 Å². The zero-order chi connectivity index (χ0) is 18.1. The number of hydrogen-bond acceptors (Lipinski definition) is 6. The van der Waals surface area contributed by atoms with Crippen LogP contribution in [0.4, 0.5) is 0 Å². The zero-order valence-electron chi connectivity index (χ0n) is 13.6. The van der Waals surface area contributed by atoms with E-state index in [9.17, 15) is 9.59 Å². The van der Waals surface area contributed by atoms with Crippen LogP contribution in [0.2, 0.25) is 0 Å². The summed E-state index contributed by atoms with van der Waals surface area (Å²) in [5.74, 6) is -0.622. The van der Waals surface area contributed by atoms with E-state index in [1.54, 1.807) is 0 Å². The van der Waals surface area contributed by atoms with Crippen LogP contribution in [0.25, 0.3) is 15.9 Å². The van der Waals surface area contributed by atoms with Gasteiger partial charge in [-0.25, -0.2) is 9.67 Å². The average molecular weight is 380 g/mol. The second-order valence-electron chi connectivity index (χ2n) is 5.38. The van der Waals surface area contributed by atoms with Crippen molar-refractivity contribution in [2.75, 3.05) is 0 Å². The normalized spacial score (nSPS) is 11.8. The number of rotatable bonds is 3. The molecule has 0 saturated carbocycles. The van der Waals surface area contributed by atoms with E-state index in [1.165, 1.54) is 22.9 Å². The Balaban J connectivity index is 1.83. The molecule has 0 fully saturated rings. The molecule has 0 aliphatic heterocycles. The number of carbonyl (C=O) groups excluding carboxylic acids is 2. The van der Waals surface area contributed by atoms with Crippen molar-refractivity contribution in [2.24, 2.45) is 4.99 Å². The molecule has 4 rings (SSSR count). The first-order chi connectivity index (χ1) is 12.6. The van der Waals surface area contributed by atoms with E-state index in [0.29, 0.717) is 9.81 Å². The van der Waals surface area contributed by atoms with Crippen LogP contribution in [0, 0.1) is 0 Å². The molecular weight excluding hydrogens is 368 g/mol. The fourth-order valence-corrected chi connectivity index (χ4v) is 4.24. The summed E-state index contributed by atoms with van der Waals surface area (Å²) in [6.45, 7) is 1.37. The lowest BCUT2D eigenvalue weighted by Gasteiger charge is -1.99. The van der Waals surface area contributed by atoms with Gasteiger partial charge in [0.05, 0.1) is 15.9 Å². The minimum Gasteiger partial charge on any atom is -0.283 e. The Bertz CT molecular complexity index is 1160. The highest BCUT2D eigenvalue weighted by Gasteiger charge is 2.20. The zero-order valence-corrected chi connectivity index (χ0v) is 15.3. The summed E-state index contributed by atoms with van der Waals surface area (Å²) in [5.41, 5.74) is 1.51. The highest BCUT2D eigenvalue weighted by atomic mass is 32.1. The standard InChI is InChI=1S/C18H12N4O2S2/c1-11(23)19-18-22(12-7-3-2-4-8-12)21-17(26-18)15(24)16-20-13-9-5-6-10-14(13)25-16/h2-10H,1H3. The van der Waals surface area contributed by atoms with Gasteiger partial charge in [-0.1, -0.05) is 41.7 Å². The monoisotopic (exact) mass is 380 g/mol. The van der Waals surface area contributed by atoms with Crippen LogP contribution in [0.5, 0.6) is 0 Å². The molecule has 2 heterocycles. The SMILES string of the molecule is CC(=O)N=c1sc(C(=O)c2nc3ccccc3s2)nn1-c1ccccc1. The Morgan fingerprint density at radius 1 is 0.962 bits per heavy atom. The first kappa shape index (κ1) is 16.5. The number of hydrogen-bond donors (Lipinski definition) is 0. The van der Waals surface area contributed by atoms with Crippen LogP contribution < -0.4 is 4.80 Å². The van der Waals surface area contributed by atoms with Gasteiger partial charge >= 0.3 is 0 Å². The lowest BCUT2D eigenvalue weighted by atomic mass is 10.3. The van der Waals surface area contributed by atoms with Gasteiger partial charge in [-0.05, 0) is 24.3 Å². The van der Waals surface area contributed by atoms with Crippen LogP contribution in [0.3, 0.4) is 0 Å². The molecule has 6 nitrogen and oxygen atoms in total. The van der Waals surface area contributed by atoms with Crippen LogP contribution in [-0.2, 0) is 4.79 Å². The van der Waals surface area contributed by atoms with Crippen molar-refractivity contribution < 1.29 is 9.59 Å². The molecule has 26 heavy (non-hydrogen) atoms. The molecule has 4 aromatic rings. The van der Waals surface area contributed by atoms with Crippen LogP contribution in [0.15, 0.2) is 59.6 Å². The molecular formula is C18H12N4O2S2. The molecule has 0 atom stereocenters. The first-order valence-corrected chi connectivity index (χ1v) is 9.36. The van der Waals surface area contributed by atoms with Crippen molar-refractivity contribution in [1.82, 2.24) is 14.8 Å². The van der Waals surface area contributed by atoms with E-state index >= 15 is 0 Å². The second-order valence-corrected chi connectivity index (χ2v) is 7.37. The van der Waals surface area contributed by atoms with Gasteiger partial charge in [-0.3, -0.25) is 9.59 Å². The van der Waals surface area contributed by atoms with Crippen molar-refractivity contribution in [1.29, 1.82) is 0 Å². The smallest absolute Gasteiger partial charge is 0.252 e. The van der Waals surface area contributed by atoms with Crippen molar-refractivity contribution in [3.63, 3.8) is 0 Å². The molecule has 2 aromatic heterocycles.